The van der Waals surface area contributed by atoms with E-state index < -0.39 is 0 Å². The first-order chi connectivity index (χ1) is 30.8. The number of nitrogens with two attached hydrogens (primary N) is 2. The Morgan fingerprint density at radius 2 is 1.13 bits per heavy atom. The molecule has 1 aliphatic carbocycles. The van der Waals surface area contributed by atoms with E-state index in [2.05, 4.69) is 195 Å². The molecule has 0 bridgehead atoms. The highest BCUT2D eigenvalue weighted by atomic mass is 15.0. The zero-order valence-corrected chi connectivity index (χ0v) is 36.7. The lowest BCUT2D eigenvalue weighted by atomic mass is 9.72. The minimum Gasteiger partial charge on any atom is -0.405 e. The summed E-state index contributed by atoms with van der Waals surface area (Å²) in [5.74, 6) is 0.566. The smallest absolute Gasteiger partial charge is 0.0613 e. The summed E-state index contributed by atoms with van der Waals surface area (Å²) in [6.07, 6.45) is 17.7. The van der Waals surface area contributed by atoms with Gasteiger partial charge in [0.15, 0.2) is 0 Å². The Labute approximate surface area is 369 Å². The van der Waals surface area contributed by atoms with Gasteiger partial charge in [-0.2, -0.15) is 0 Å². The molecule has 4 nitrogen and oxygen atoms in total. The third kappa shape index (κ3) is 6.36. The van der Waals surface area contributed by atoms with Gasteiger partial charge in [0.2, 0.25) is 0 Å². The molecule has 7 aromatic carbocycles. The normalized spacial score (nSPS) is 15.9. The highest BCUT2D eigenvalue weighted by Crippen LogP contribution is 2.51. The van der Waals surface area contributed by atoms with Gasteiger partial charge in [-0.3, -0.25) is 0 Å². The quantitative estimate of drug-likeness (QED) is 0.150. The van der Waals surface area contributed by atoms with Crippen molar-refractivity contribution in [2.24, 2.45) is 11.5 Å². The fourth-order valence-electron chi connectivity index (χ4n) is 10.2. The molecule has 308 valence electrons. The number of fused-ring (bicyclic) bond motifs is 10. The zero-order valence-electron chi connectivity index (χ0n) is 36.7. The van der Waals surface area contributed by atoms with Crippen molar-refractivity contribution in [3.63, 3.8) is 0 Å². The fraction of sp³-hybridized carbons (Fsp3) is 0.119. The first-order valence-corrected chi connectivity index (χ1v) is 22.0. The number of rotatable bonds is 8. The highest BCUT2D eigenvalue weighted by molar-refractivity contribution is 6.15. The molecule has 0 spiro atoms. The number of nitrogens with zero attached hydrogens (tertiary/aromatic N) is 2. The van der Waals surface area contributed by atoms with Crippen LogP contribution in [0.5, 0.6) is 0 Å². The van der Waals surface area contributed by atoms with Crippen LogP contribution < -0.4 is 11.5 Å². The Bertz CT molecular complexity index is 3500. The number of aromatic nitrogens is 2. The van der Waals surface area contributed by atoms with Gasteiger partial charge in [-0.1, -0.05) is 105 Å². The summed E-state index contributed by atoms with van der Waals surface area (Å²) in [6.45, 7) is 15.1. The van der Waals surface area contributed by atoms with E-state index in [1.54, 1.807) is 12.4 Å². The van der Waals surface area contributed by atoms with Crippen LogP contribution in [-0.2, 0) is 0 Å². The van der Waals surface area contributed by atoms with E-state index >= 15 is 0 Å². The fourth-order valence-corrected chi connectivity index (χ4v) is 10.2. The van der Waals surface area contributed by atoms with Gasteiger partial charge < -0.3 is 20.6 Å². The molecule has 4 N–H and O–H groups in total. The van der Waals surface area contributed by atoms with Crippen LogP contribution in [0.3, 0.4) is 0 Å². The van der Waals surface area contributed by atoms with Crippen molar-refractivity contribution < 1.29 is 0 Å². The van der Waals surface area contributed by atoms with E-state index in [4.69, 9.17) is 11.5 Å². The summed E-state index contributed by atoms with van der Waals surface area (Å²) in [6, 6.07) is 45.6. The van der Waals surface area contributed by atoms with Crippen molar-refractivity contribution in [1.29, 1.82) is 0 Å². The molecule has 0 amide bonds. The second kappa shape index (κ2) is 15.7. The lowest BCUT2D eigenvalue weighted by Gasteiger charge is -2.32. The molecule has 2 atom stereocenters. The first-order valence-electron chi connectivity index (χ1n) is 22.0. The van der Waals surface area contributed by atoms with Crippen LogP contribution in [0.25, 0.3) is 111 Å². The largest absolute Gasteiger partial charge is 0.405 e. The predicted octanol–water partition coefficient (Wildman–Crippen LogP) is 15.6. The van der Waals surface area contributed by atoms with Gasteiger partial charge in [-0.15, -0.1) is 0 Å². The van der Waals surface area contributed by atoms with Gasteiger partial charge in [0, 0.05) is 33.4 Å². The summed E-state index contributed by atoms with van der Waals surface area (Å²) in [5.41, 5.74) is 31.3. The van der Waals surface area contributed by atoms with E-state index in [0.717, 1.165) is 39.1 Å². The van der Waals surface area contributed by atoms with Crippen molar-refractivity contribution in [3.8, 4) is 33.4 Å². The minimum atomic E-state index is 0.283. The molecule has 4 heteroatoms. The first kappa shape index (κ1) is 39.6. The standard InChI is InChI=1S/C59H52N4/c1-7-13-41-27-43(20-18-39(41)9-3)45-22-24-56-52(29-45)54-31-48-37(5)38(6)49-32-55-53-30-46(44-21-19-40-16-10-11-17-42(40)28-44)23-25-57(53)63(47(35-61)14-8-2)59(55)34-51(49)50(48)33-58(54)62(56)36(4)15-12-26-60/h7-35,37-38H,3,60-61H2,1-2,4-6H3/b13-7-,14-8-,26-12-,36-15+,47-35+. The van der Waals surface area contributed by atoms with Gasteiger partial charge in [0.1, 0.15) is 0 Å². The summed E-state index contributed by atoms with van der Waals surface area (Å²) in [7, 11) is 0. The lowest BCUT2D eigenvalue weighted by molar-refractivity contribution is 0.617. The minimum absolute atomic E-state index is 0.283. The highest BCUT2D eigenvalue weighted by Gasteiger charge is 2.31. The summed E-state index contributed by atoms with van der Waals surface area (Å²) < 4.78 is 4.73. The summed E-state index contributed by atoms with van der Waals surface area (Å²) in [5, 5.41) is 7.39. The molecule has 2 unspecified atom stereocenters. The topological polar surface area (TPSA) is 61.9 Å². The molecule has 2 heterocycles. The number of hydrogen-bond donors (Lipinski definition) is 2. The molecule has 10 rings (SSSR count). The van der Waals surface area contributed by atoms with Crippen LogP contribution in [0.15, 0.2) is 171 Å². The van der Waals surface area contributed by atoms with Crippen LogP contribution in [0.2, 0.25) is 0 Å². The second-order valence-corrected chi connectivity index (χ2v) is 17.0. The SMILES string of the molecule is C=Cc1ccc(-c2ccc3c(c2)c2cc4c(cc2n3/C(C)=C/C=C\N)-c2cc3c(cc2C(C)C4C)c2cc(-c4ccc5ccccc5c4)ccc2n3C(/C=C\C)=C/N)cc1/C=C\C. The molecule has 0 saturated carbocycles. The average Bonchev–Trinajstić information content (AvgIpc) is 3.81. The molecule has 0 radical (unpaired) electrons. The Morgan fingerprint density at radius 3 is 1.73 bits per heavy atom. The van der Waals surface area contributed by atoms with Crippen LogP contribution in [0.1, 0.15) is 68.7 Å². The van der Waals surface area contributed by atoms with Crippen molar-refractivity contribution in [1.82, 2.24) is 9.13 Å². The predicted molar refractivity (Wildman–Crippen MR) is 274 cm³/mol. The Kier molecular flexibility index (Phi) is 9.87. The van der Waals surface area contributed by atoms with E-state index in [9.17, 15) is 0 Å². The lowest BCUT2D eigenvalue weighted by Crippen LogP contribution is -2.13. The van der Waals surface area contributed by atoms with Gasteiger partial charge >= 0.3 is 0 Å². The summed E-state index contributed by atoms with van der Waals surface area (Å²) in [4.78, 5) is 0. The Hall–Kier alpha value is -7.56. The Balaban J connectivity index is 1.23. The van der Waals surface area contributed by atoms with Crippen molar-refractivity contribution >= 4 is 77.9 Å². The monoisotopic (exact) mass is 816 g/mol. The van der Waals surface area contributed by atoms with Gasteiger partial charge in [0.25, 0.3) is 0 Å². The van der Waals surface area contributed by atoms with Crippen LogP contribution >= 0.6 is 0 Å². The molecule has 1 aliphatic rings. The third-order valence-electron chi connectivity index (χ3n) is 13.5. The van der Waals surface area contributed by atoms with E-state index in [1.165, 1.54) is 82.3 Å². The number of hydrogen-bond acceptors (Lipinski definition) is 2. The van der Waals surface area contributed by atoms with E-state index in [-0.39, 0.29) is 11.8 Å². The van der Waals surface area contributed by atoms with Crippen molar-refractivity contribution in [2.45, 2.75) is 46.5 Å². The summed E-state index contributed by atoms with van der Waals surface area (Å²) >= 11 is 0. The average molecular weight is 817 g/mol. The van der Waals surface area contributed by atoms with Crippen LogP contribution in [0, 0.1) is 0 Å². The Morgan fingerprint density at radius 1 is 0.571 bits per heavy atom. The molecular formula is C59H52N4. The van der Waals surface area contributed by atoms with E-state index in [1.807, 2.05) is 19.1 Å². The molecule has 63 heavy (non-hydrogen) atoms. The molecular weight excluding hydrogens is 765 g/mol. The maximum absolute atomic E-state index is 6.46. The van der Waals surface area contributed by atoms with Crippen LogP contribution in [-0.4, -0.2) is 9.13 Å². The third-order valence-corrected chi connectivity index (χ3v) is 13.5. The van der Waals surface area contributed by atoms with Crippen LogP contribution in [0.4, 0.5) is 0 Å². The van der Waals surface area contributed by atoms with Crippen molar-refractivity contribution in [2.75, 3.05) is 0 Å². The zero-order chi connectivity index (χ0) is 43.5. The molecule has 9 aromatic rings. The number of benzene rings is 7. The molecule has 2 aromatic heterocycles. The maximum Gasteiger partial charge on any atom is 0.0613 e. The van der Waals surface area contributed by atoms with E-state index in [0.29, 0.717) is 0 Å². The molecule has 0 aliphatic heterocycles. The second-order valence-electron chi connectivity index (χ2n) is 17.0. The number of allylic oxidation sites excluding steroid dienone is 7. The van der Waals surface area contributed by atoms with Gasteiger partial charge in [0.05, 0.1) is 27.8 Å². The maximum atomic E-state index is 6.46. The van der Waals surface area contributed by atoms with Gasteiger partial charge in [-0.25, -0.2) is 0 Å². The molecule has 0 saturated heterocycles. The molecule has 0 fully saturated rings. The van der Waals surface area contributed by atoms with Gasteiger partial charge in [-0.05, 0) is 184 Å². The van der Waals surface area contributed by atoms with Crippen molar-refractivity contribution in [3.05, 3.63) is 193 Å².